The van der Waals surface area contributed by atoms with Crippen LogP contribution in [-0.2, 0) is 6.61 Å². The standard InChI is InChI=1S/C20H18N4O3/c1-13(2)24-17(7-9-22-24)19-15(4-3-8-21-19)12-26-18-6-5-14-10-23-27-20(14)16(18)11-25/h3-11,13H,12H2,1-2H3. The van der Waals surface area contributed by atoms with Gasteiger partial charge < -0.3 is 9.26 Å². The smallest absolute Gasteiger partial charge is 0.181 e. The summed E-state index contributed by atoms with van der Waals surface area (Å²) in [6.07, 6.45) is 5.80. The maximum absolute atomic E-state index is 11.5. The van der Waals surface area contributed by atoms with E-state index in [-0.39, 0.29) is 12.6 Å². The highest BCUT2D eigenvalue weighted by Gasteiger charge is 2.16. The quantitative estimate of drug-likeness (QED) is 0.481. The molecule has 136 valence electrons. The Morgan fingerprint density at radius 1 is 1.22 bits per heavy atom. The fraction of sp³-hybridized carbons (Fsp3) is 0.200. The van der Waals surface area contributed by atoms with Crippen LogP contribution in [0.3, 0.4) is 0 Å². The number of benzene rings is 1. The van der Waals surface area contributed by atoms with Crippen molar-refractivity contribution in [2.75, 3.05) is 0 Å². The van der Waals surface area contributed by atoms with E-state index in [9.17, 15) is 4.79 Å². The van der Waals surface area contributed by atoms with E-state index in [1.807, 2.05) is 28.9 Å². The number of hydrogen-bond donors (Lipinski definition) is 0. The van der Waals surface area contributed by atoms with E-state index in [2.05, 4.69) is 29.1 Å². The lowest BCUT2D eigenvalue weighted by Crippen LogP contribution is -2.08. The van der Waals surface area contributed by atoms with Crippen molar-refractivity contribution in [1.29, 1.82) is 0 Å². The summed E-state index contributed by atoms with van der Waals surface area (Å²) in [5, 5.41) is 8.87. The van der Waals surface area contributed by atoms with Crippen molar-refractivity contribution in [3.63, 3.8) is 0 Å². The van der Waals surface area contributed by atoms with Gasteiger partial charge in [0.25, 0.3) is 0 Å². The molecular formula is C20H18N4O3. The van der Waals surface area contributed by atoms with Crippen LogP contribution in [0.1, 0.15) is 35.8 Å². The van der Waals surface area contributed by atoms with Gasteiger partial charge in [0.15, 0.2) is 11.9 Å². The molecule has 4 aromatic rings. The summed E-state index contributed by atoms with van der Waals surface area (Å²) in [5.74, 6) is 0.446. The second-order valence-electron chi connectivity index (χ2n) is 6.39. The van der Waals surface area contributed by atoms with Crippen LogP contribution in [-0.4, -0.2) is 26.2 Å². The normalized spacial score (nSPS) is 11.2. The molecule has 0 atom stereocenters. The maximum Gasteiger partial charge on any atom is 0.181 e. The van der Waals surface area contributed by atoms with Crippen molar-refractivity contribution in [3.05, 3.63) is 60.0 Å². The minimum absolute atomic E-state index is 0.210. The van der Waals surface area contributed by atoms with Crippen LogP contribution >= 0.6 is 0 Å². The lowest BCUT2D eigenvalue weighted by atomic mass is 10.1. The molecule has 7 nitrogen and oxygen atoms in total. The Morgan fingerprint density at radius 2 is 2.11 bits per heavy atom. The number of fused-ring (bicyclic) bond motifs is 1. The fourth-order valence-electron chi connectivity index (χ4n) is 3.03. The van der Waals surface area contributed by atoms with Crippen LogP contribution in [0, 0.1) is 0 Å². The van der Waals surface area contributed by atoms with E-state index >= 15 is 0 Å². The number of hydrogen-bond acceptors (Lipinski definition) is 6. The zero-order valence-electron chi connectivity index (χ0n) is 15.0. The number of carbonyl (C=O) groups is 1. The van der Waals surface area contributed by atoms with Gasteiger partial charge in [-0.2, -0.15) is 5.10 Å². The first-order chi connectivity index (χ1) is 13.2. The molecule has 0 aliphatic carbocycles. The van der Waals surface area contributed by atoms with Crippen LogP contribution in [0.4, 0.5) is 0 Å². The summed E-state index contributed by atoms with van der Waals surface area (Å²) in [7, 11) is 0. The zero-order chi connectivity index (χ0) is 18.8. The number of pyridine rings is 1. The molecule has 0 saturated heterocycles. The van der Waals surface area contributed by atoms with Gasteiger partial charge in [-0.15, -0.1) is 0 Å². The Kier molecular flexibility index (Phi) is 4.42. The van der Waals surface area contributed by atoms with Gasteiger partial charge in [-0.25, -0.2) is 0 Å². The number of nitrogens with zero attached hydrogens (tertiary/aromatic N) is 4. The summed E-state index contributed by atoms with van der Waals surface area (Å²) < 4.78 is 13.0. The lowest BCUT2D eigenvalue weighted by molar-refractivity contribution is 0.111. The van der Waals surface area contributed by atoms with Crippen molar-refractivity contribution in [2.45, 2.75) is 26.5 Å². The molecule has 0 aliphatic heterocycles. The van der Waals surface area contributed by atoms with Gasteiger partial charge >= 0.3 is 0 Å². The summed E-state index contributed by atoms with van der Waals surface area (Å²) in [6.45, 7) is 4.39. The van der Waals surface area contributed by atoms with Gasteiger partial charge in [0.05, 0.1) is 17.6 Å². The van der Waals surface area contributed by atoms with Crippen LogP contribution in [0.25, 0.3) is 22.4 Å². The van der Waals surface area contributed by atoms with E-state index in [4.69, 9.17) is 9.26 Å². The van der Waals surface area contributed by atoms with Crippen molar-refractivity contribution in [2.24, 2.45) is 0 Å². The molecule has 0 aliphatic rings. The third kappa shape index (κ3) is 3.08. The molecule has 0 unspecified atom stereocenters. The predicted octanol–water partition coefficient (Wildman–Crippen LogP) is 4.06. The SMILES string of the molecule is CC(C)n1nccc1-c1ncccc1COc1ccc2cnoc2c1C=O. The fourth-order valence-corrected chi connectivity index (χ4v) is 3.03. The molecule has 0 fully saturated rings. The molecule has 7 heteroatoms. The minimum atomic E-state index is 0.210. The molecule has 3 heterocycles. The van der Waals surface area contributed by atoms with Crippen LogP contribution in [0.2, 0.25) is 0 Å². The van der Waals surface area contributed by atoms with Gasteiger partial charge in [-0.3, -0.25) is 14.5 Å². The number of carbonyl (C=O) groups excluding carboxylic acids is 1. The number of rotatable bonds is 6. The number of aromatic nitrogens is 4. The molecule has 0 spiro atoms. The monoisotopic (exact) mass is 362 g/mol. The molecule has 0 radical (unpaired) electrons. The molecular weight excluding hydrogens is 344 g/mol. The Balaban J connectivity index is 1.67. The molecule has 4 rings (SSSR count). The third-order valence-electron chi connectivity index (χ3n) is 4.32. The summed E-state index contributed by atoms with van der Waals surface area (Å²) >= 11 is 0. The Labute approximate surface area is 155 Å². The topological polar surface area (TPSA) is 83.0 Å². The number of ether oxygens (including phenoxy) is 1. The van der Waals surface area contributed by atoms with Crippen molar-refractivity contribution in [3.8, 4) is 17.1 Å². The van der Waals surface area contributed by atoms with Crippen molar-refractivity contribution >= 4 is 17.3 Å². The molecule has 1 aromatic carbocycles. The van der Waals surface area contributed by atoms with Crippen LogP contribution in [0.5, 0.6) is 5.75 Å². The zero-order valence-corrected chi connectivity index (χ0v) is 15.0. The van der Waals surface area contributed by atoms with E-state index in [1.54, 1.807) is 24.7 Å². The second kappa shape index (κ2) is 7.03. The second-order valence-corrected chi connectivity index (χ2v) is 6.39. The Hall–Kier alpha value is -3.48. The van der Waals surface area contributed by atoms with Gasteiger partial charge in [0.1, 0.15) is 17.9 Å². The van der Waals surface area contributed by atoms with E-state index in [0.717, 1.165) is 28.6 Å². The molecule has 0 bridgehead atoms. The van der Waals surface area contributed by atoms with E-state index < -0.39 is 0 Å². The van der Waals surface area contributed by atoms with Gasteiger partial charge in [0.2, 0.25) is 0 Å². The first kappa shape index (κ1) is 17.0. The first-order valence-corrected chi connectivity index (χ1v) is 8.62. The largest absolute Gasteiger partial charge is 0.488 e. The van der Waals surface area contributed by atoms with Crippen LogP contribution in [0.15, 0.2) is 53.4 Å². The molecule has 27 heavy (non-hydrogen) atoms. The van der Waals surface area contributed by atoms with E-state index in [1.165, 1.54) is 0 Å². The van der Waals surface area contributed by atoms with Gasteiger partial charge in [0, 0.05) is 29.4 Å². The molecule has 0 amide bonds. The van der Waals surface area contributed by atoms with Crippen LogP contribution < -0.4 is 4.74 Å². The maximum atomic E-state index is 11.5. The van der Waals surface area contributed by atoms with Gasteiger partial charge in [-0.1, -0.05) is 11.2 Å². The van der Waals surface area contributed by atoms with Crippen molar-refractivity contribution in [1.82, 2.24) is 19.9 Å². The average Bonchev–Trinajstić information content (AvgIpc) is 3.35. The summed E-state index contributed by atoms with van der Waals surface area (Å²) in [4.78, 5) is 16.1. The average molecular weight is 362 g/mol. The summed E-state index contributed by atoms with van der Waals surface area (Å²) in [6, 6.07) is 9.51. The number of aldehydes is 1. The predicted molar refractivity (Wildman–Crippen MR) is 99.6 cm³/mol. The Bertz CT molecular complexity index is 1100. The molecule has 0 N–H and O–H groups in total. The molecule has 3 aromatic heterocycles. The third-order valence-corrected chi connectivity index (χ3v) is 4.32. The Morgan fingerprint density at radius 3 is 2.93 bits per heavy atom. The minimum Gasteiger partial charge on any atom is -0.488 e. The van der Waals surface area contributed by atoms with Gasteiger partial charge in [-0.05, 0) is 38.1 Å². The molecule has 0 saturated carbocycles. The highest BCUT2D eigenvalue weighted by Crippen LogP contribution is 2.29. The van der Waals surface area contributed by atoms with Crippen molar-refractivity contribution < 1.29 is 14.1 Å². The highest BCUT2D eigenvalue weighted by atomic mass is 16.5. The summed E-state index contributed by atoms with van der Waals surface area (Å²) in [5.41, 5.74) is 3.39. The lowest BCUT2D eigenvalue weighted by Gasteiger charge is -2.14. The first-order valence-electron chi connectivity index (χ1n) is 8.62. The van der Waals surface area contributed by atoms with E-state index in [0.29, 0.717) is 16.9 Å². The highest BCUT2D eigenvalue weighted by molar-refractivity contribution is 5.97.